The second-order valence-corrected chi connectivity index (χ2v) is 7.16. The molecule has 1 amide bonds. The number of aromatic nitrogens is 4. The number of carbonyl (C=O) groups excluding carboxylic acids is 1. The Balaban J connectivity index is 1.71. The van der Waals surface area contributed by atoms with Crippen molar-refractivity contribution >= 4 is 17.7 Å². The number of benzene rings is 1. The molecule has 0 saturated carbocycles. The van der Waals surface area contributed by atoms with Gasteiger partial charge in [-0.2, -0.15) is 4.68 Å². The smallest absolute Gasteiger partial charge is 0.235 e. The van der Waals surface area contributed by atoms with Gasteiger partial charge in [0.25, 0.3) is 0 Å². The Hall–Kier alpha value is -1.89. The fraction of sp³-hybridized carbons (Fsp3) is 0.500. The van der Waals surface area contributed by atoms with Crippen LogP contribution in [0.5, 0.6) is 0 Å². The molecule has 1 aliphatic heterocycles. The Kier molecular flexibility index (Phi) is 4.95. The summed E-state index contributed by atoms with van der Waals surface area (Å²) in [6, 6.07) is 8.00. The van der Waals surface area contributed by atoms with E-state index in [1.807, 2.05) is 43.0 Å². The number of hydrogen-bond acceptors (Lipinski definition) is 5. The first kappa shape index (κ1) is 16.0. The van der Waals surface area contributed by atoms with Crippen LogP contribution >= 0.6 is 11.8 Å². The van der Waals surface area contributed by atoms with Gasteiger partial charge in [0.15, 0.2) is 0 Å². The minimum atomic E-state index is -0.191. The molecule has 2 heterocycles. The molecule has 1 atom stereocenters. The normalized spacial score (nSPS) is 16.3. The molecule has 0 aliphatic carbocycles. The Morgan fingerprint density at radius 3 is 2.57 bits per heavy atom. The fourth-order valence-corrected chi connectivity index (χ4v) is 3.57. The standard InChI is InChI=1S/C16H21N5OS/c1-12-6-8-14(9-7-12)21-16(17-18-19-21)23-13(2)15(22)20-10-4-3-5-11-20/h6-9,13H,3-5,10-11H2,1-2H3. The average molecular weight is 331 g/mol. The van der Waals surface area contributed by atoms with Crippen molar-refractivity contribution in [1.29, 1.82) is 0 Å². The molecule has 0 N–H and O–H groups in total. The van der Waals surface area contributed by atoms with Crippen molar-refractivity contribution in [3.05, 3.63) is 29.8 Å². The lowest BCUT2D eigenvalue weighted by Gasteiger charge is -2.28. The zero-order chi connectivity index (χ0) is 16.2. The van der Waals surface area contributed by atoms with Crippen LogP contribution in [0.1, 0.15) is 31.7 Å². The maximum Gasteiger partial charge on any atom is 0.235 e. The Morgan fingerprint density at radius 1 is 1.17 bits per heavy atom. The van der Waals surface area contributed by atoms with Crippen molar-refractivity contribution in [3.63, 3.8) is 0 Å². The molecule has 0 radical (unpaired) electrons. The third kappa shape index (κ3) is 3.72. The van der Waals surface area contributed by atoms with Crippen LogP contribution in [-0.4, -0.2) is 49.4 Å². The molecule has 1 aromatic carbocycles. The number of likely N-dealkylation sites (tertiary alicyclic amines) is 1. The van der Waals surface area contributed by atoms with Crippen LogP contribution in [0.3, 0.4) is 0 Å². The highest BCUT2D eigenvalue weighted by Gasteiger charge is 2.25. The maximum atomic E-state index is 12.5. The first-order valence-corrected chi connectivity index (χ1v) is 8.84. The van der Waals surface area contributed by atoms with Crippen molar-refractivity contribution in [3.8, 4) is 5.69 Å². The molecular formula is C16H21N5OS. The van der Waals surface area contributed by atoms with E-state index in [9.17, 15) is 4.79 Å². The van der Waals surface area contributed by atoms with Gasteiger partial charge in [-0.25, -0.2) is 0 Å². The van der Waals surface area contributed by atoms with Gasteiger partial charge in [0.05, 0.1) is 10.9 Å². The molecule has 122 valence electrons. The van der Waals surface area contributed by atoms with Crippen LogP contribution in [0.2, 0.25) is 0 Å². The zero-order valence-corrected chi connectivity index (χ0v) is 14.3. The molecular weight excluding hydrogens is 310 g/mol. The number of nitrogens with zero attached hydrogens (tertiary/aromatic N) is 5. The van der Waals surface area contributed by atoms with Gasteiger partial charge in [0.1, 0.15) is 0 Å². The second kappa shape index (κ2) is 7.12. The molecule has 23 heavy (non-hydrogen) atoms. The quantitative estimate of drug-likeness (QED) is 0.805. The number of rotatable bonds is 4. The first-order chi connectivity index (χ1) is 11.1. The minimum absolute atomic E-state index is 0.174. The third-order valence-corrected chi connectivity index (χ3v) is 5.04. The molecule has 0 bridgehead atoms. The summed E-state index contributed by atoms with van der Waals surface area (Å²) in [6.07, 6.45) is 3.42. The minimum Gasteiger partial charge on any atom is -0.342 e. The van der Waals surface area contributed by atoms with Crippen molar-refractivity contribution in [2.75, 3.05) is 13.1 Å². The predicted octanol–water partition coefficient (Wildman–Crippen LogP) is 2.46. The van der Waals surface area contributed by atoms with E-state index in [0.29, 0.717) is 5.16 Å². The summed E-state index contributed by atoms with van der Waals surface area (Å²) in [6.45, 7) is 5.70. The van der Waals surface area contributed by atoms with Gasteiger partial charge in [0, 0.05) is 13.1 Å². The molecule has 1 unspecified atom stereocenters. The van der Waals surface area contributed by atoms with Crippen LogP contribution in [0, 0.1) is 6.92 Å². The van der Waals surface area contributed by atoms with E-state index < -0.39 is 0 Å². The van der Waals surface area contributed by atoms with Crippen LogP contribution in [0.4, 0.5) is 0 Å². The van der Waals surface area contributed by atoms with Crippen LogP contribution in [-0.2, 0) is 4.79 Å². The largest absolute Gasteiger partial charge is 0.342 e. The van der Waals surface area contributed by atoms with Gasteiger partial charge >= 0.3 is 0 Å². The van der Waals surface area contributed by atoms with Gasteiger partial charge in [-0.1, -0.05) is 29.5 Å². The van der Waals surface area contributed by atoms with Crippen LogP contribution in [0.25, 0.3) is 5.69 Å². The number of piperidine rings is 1. The topological polar surface area (TPSA) is 63.9 Å². The number of thioether (sulfide) groups is 1. The van der Waals surface area contributed by atoms with E-state index in [2.05, 4.69) is 15.5 Å². The molecule has 1 saturated heterocycles. The number of hydrogen-bond donors (Lipinski definition) is 0. The Bertz CT molecular complexity index is 663. The number of aryl methyl sites for hydroxylation is 1. The van der Waals surface area contributed by atoms with E-state index in [0.717, 1.165) is 31.6 Å². The highest BCUT2D eigenvalue weighted by Crippen LogP contribution is 2.25. The maximum absolute atomic E-state index is 12.5. The summed E-state index contributed by atoms with van der Waals surface area (Å²) in [5.74, 6) is 0.174. The van der Waals surface area contributed by atoms with Crippen molar-refractivity contribution in [2.24, 2.45) is 0 Å². The van der Waals surface area contributed by atoms with E-state index in [-0.39, 0.29) is 11.2 Å². The highest BCUT2D eigenvalue weighted by molar-refractivity contribution is 8.00. The zero-order valence-electron chi connectivity index (χ0n) is 13.5. The molecule has 2 aromatic rings. The summed E-state index contributed by atoms with van der Waals surface area (Å²) < 4.78 is 1.68. The molecule has 0 spiro atoms. The van der Waals surface area contributed by atoms with E-state index >= 15 is 0 Å². The summed E-state index contributed by atoms with van der Waals surface area (Å²) in [7, 11) is 0. The second-order valence-electron chi connectivity index (χ2n) is 5.85. The third-order valence-electron chi connectivity index (χ3n) is 4.02. The number of amides is 1. The van der Waals surface area contributed by atoms with E-state index in [4.69, 9.17) is 0 Å². The average Bonchev–Trinajstić information content (AvgIpc) is 3.03. The molecule has 1 aromatic heterocycles. The van der Waals surface area contributed by atoms with E-state index in [1.54, 1.807) is 4.68 Å². The SMILES string of the molecule is Cc1ccc(-n2nnnc2SC(C)C(=O)N2CCCCC2)cc1. The van der Waals surface area contributed by atoms with Gasteiger partial charge in [-0.3, -0.25) is 4.79 Å². The predicted molar refractivity (Wildman–Crippen MR) is 89.6 cm³/mol. The first-order valence-electron chi connectivity index (χ1n) is 7.96. The van der Waals surface area contributed by atoms with Gasteiger partial charge in [0.2, 0.25) is 11.1 Å². The molecule has 6 nitrogen and oxygen atoms in total. The molecule has 1 fully saturated rings. The van der Waals surface area contributed by atoms with Gasteiger partial charge in [-0.05, 0) is 55.7 Å². The summed E-state index contributed by atoms with van der Waals surface area (Å²) in [5, 5.41) is 12.3. The summed E-state index contributed by atoms with van der Waals surface area (Å²) >= 11 is 1.41. The Morgan fingerprint density at radius 2 is 1.87 bits per heavy atom. The number of carbonyl (C=O) groups is 1. The summed E-state index contributed by atoms with van der Waals surface area (Å²) in [5.41, 5.74) is 2.09. The van der Waals surface area contributed by atoms with E-state index in [1.165, 1.54) is 23.7 Å². The molecule has 7 heteroatoms. The fourth-order valence-electron chi connectivity index (χ4n) is 2.68. The lowest BCUT2D eigenvalue weighted by molar-refractivity contribution is -0.131. The monoisotopic (exact) mass is 331 g/mol. The molecule has 3 rings (SSSR count). The highest BCUT2D eigenvalue weighted by atomic mass is 32.2. The van der Waals surface area contributed by atoms with Gasteiger partial charge < -0.3 is 4.90 Å². The summed E-state index contributed by atoms with van der Waals surface area (Å²) in [4.78, 5) is 14.5. The van der Waals surface area contributed by atoms with Crippen LogP contribution < -0.4 is 0 Å². The van der Waals surface area contributed by atoms with Crippen molar-refractivity contribution < 1.29 is 4.79 Å². The van der Waals surface area contributed by atoms with Crippen molar-refractivity contribution in [2.45, 2.75) is 43.5 Å². The number of tetrazole rings is 1. The lowest BCUT2D eigenvalue weighted by atomic mass is 10.1. The Labute approximate surface area is 140 Å². The van der Waals surface area contributed by atoms with Crippen molar-refractivity contribution in [1.82, 2.24) is 25.1 Å². The lowest BCUT2D eigenvalue weighted by Crippen LogP contribution is -2.40. The van der Waals surface area contributed by atoms with Crippen LogP contribution in [0.15, 0.2) is 29.4 Å². The molecule has 1 aliphatic rings. The van der Waals surface area contributed by atoms with Gasteiger partial charge in [-0.15, -0.1) is 5.10 Å².